The molecule has 0 amide bonds. The summed E-state index contributed by atoms with van der Waals surface area (Å²) in [6, 6.07) is 27.0. The minimum Gasteiger partial charge on any atom is -0.391 e. The van der Waals surface area contributed by atoms with E-state index in [-0.39, 0.29) is 0 Å². The fourth-order valence-electron chi connectivity index (χ4n) is 2.66. The summed E-state index contributed by atoms with van der Waals surface area (Å²) in [5.41, 5.74) is 5.89. The van der Waals surface area contributed by atoms with Gasteiger partial charge in [0.15, 0.2) is 0 Å². The molecular formula is C22H21NO. The summed E-state index contributed by atoms with van der Waals surface area (Å²) in [6.45, 7) is 2.61. The van der Waals surface area contributed by atoms with E-state index < -0.39 is 0 Å². The van der Waals surface area contributed by atoms with Crippen LogP contribution in [0.5, 0.6) is 0 Å². The lowest BCUT2D eigenvalue weighted by Crippen LogP contribution is -1.92. The zero-order valence-electron chi connectivity index (χ0n) is 13.9. The van der Waals surface area contributed by atoms with E-state index >= 15 is 0 Å². The Morgan fingerprint density at radius 3 is 2.42 bits per heavy atom. The maximum absolute atomic E-state index is 5.48. The van der Waals surface area contributed by atoms with Crippen molar-refractivity contribution in [3.8, 4) is 11.1 Å². The standard InChI is InChI=1S/C22H21NO/c1-2-19-10-6-7-13-22(19)16-23-24-17-18-9-8-14-21(15-18)20-11-4-3-5-12-20/h3-16H,2,17H2,1H3. The van der Waals surface area contributed by atoms with E-state index in [1.165, 1.54) is 16.7 Å². The Bertz CT molecular complexity index is 809. The molecule has 0 atom stereocenters. The average Bonchev–Trinajstić information content (AvgIpc) is 2.66. The lowest BCUT2D eigenvalue weighted by Gasteiger charge is -2.05. The average molecular weight is 315 g/mol. The van der Waals surface area contributed by atoms with Crippen LogP contribution in [0.3, 0.4) is 0 Å². The molecule has 0 saturated heterocycles. The van der Waals surface area contributed by atoms with Crippen LogP contribution < -0.4 is 0 Å². The highest BCUT2D eigenvalue weighted by atomic mass is 16.6. The van der Waals surface area contributed by atoms with Crippen LogP contribution in [0.4, 0.5) is 0 Å². The quantitative estimate of drug-likeness (QED) is 0.437. The third kappa shape index (κ3) is 4.11. The summed E-state index contributed by atoms with van der Waals surface area (Å²) in [5, 5.41) is 4.12. The Morgan fingerprint density at radius 1 is 0.833 bits per heavy atom. The monoisotopic (exact) mass is 315 g/mol. The second-order valence-electron chi connectivity index (χ2n) is 5.63. The highest BCUT2D eigenvalue weighted by Crippen LogP contribution is 2.20. The molecule has 0 spiro atoms. The third-order valence-electron chi connectivity index (χ3n) is 3.97. The zero-order chi connectivity index (χ0) is 16.6. The van der Waals surface area contributed by atoms with Crippen molar-refractivity contribution in [2.24, 2.45) is 5.16 Å². The number of oxime groups is 1. The number of hydrogen-bond donors (Lipinski definition) is 0. The van der Waals surface area contributed by atoms with Crippen molar-refractivity contribution in [1.82, 2.24) is 0 Å². The van der Waals surface area contributed by atoms with Crippen molar-refractivity contribution in [1.29, 1.82) is 0 Å². The number of hydrogen-bond acceptors (Lipinski definition) is 2. The van der Waals surface area contributed by atoms with Crippen LogP contribution in [0.15, 0.2) is 84.0 Å². The summed E-state index contributed by atoms with van der Waals surface area (Å²) in [7, 11) is 0. The molecule has 24 heavy (non-hydrogen) atoms. The van der Waals surface area contributed by atoms with Crippen LogP contribution >= 0.6 is 0 Å². The Hall–Kier alpha value is -2.87. The number of benzene rings is 3. The Balaban J connectivity index is 1.64. The van der Waals surface area contributed by atoms with E-state index in [4.69, 9.17) is 4.84 Å². The van der Waals surface area contributed by atoms with Crippen LogP contribution in [-0.2, 0) is 17.9 Å². The van der Waals surface area contributed by atoms with Gasteiger partial charge < -0.3 is 4.84 Å². The van der Waals surface area contributed by atoms with E-state index in [1.54, 1.807) is 6.21 Å². The summed E-state index contributed by atoms with van der Waals surface area (Å²) in [6.07, 6.45) is 2.78. The van der Waals surface area contributed by atoms with Gasteiger partial charge in [0.25, 0.3) is 0 Å². The largest absolute Gasteiger partial charge is 0.391 e. The second-order valence-corrected chi connectivity index (χ2v) is 5.63. The smallest absolute Gasteiger partial charge is 0.142 e. The molecule has 0 radical (unpaired) electrons. The second kappa shape index (κ2) is 8.11. The predicted octanol–water partition coefficient (Wildman–Crippen LogP) is 5.47. The van der Waals surface area contributed by atoms with Gasteiger partial charge in [-0.05, 0) is 40.3 Å². The molecule has 2 heteroatoms. The molecule has 0 fully saturated rings. The molecule has 0 heterocycles. The first-order valence-corrected chi connectivity index (χ1v) is 8.24. The fraction of sp³-hybridized carbons (Fsp3) is 0.136. The molecule has 3 aromatic carbocycles. The summed E-state index contributed by atoms with van der Waals surface area (Å²) >= 11 is 0. The van der Waals surface area contributed by atoms with Gasteiger partial charge in [-0.15, -0.1) is 0 Å². The molecule has 0 aromatic heterocycles. The van der Waals surface area contributed by atoms with Crippen LogP contribution in [0, 0.1) is 0 Å². The molecule has 2 nitrogen and oxygen atoms in total. The predicted molar refractivity (Wildman–Crippen MR) is 100 cm³/mol. The van der Waals surface area contributed by atoms with E-state index in [2.05, 4.69) is 60.6 Å². The van der Waals surface area contributed by atoms with Gasteiger partial charge in [-0.3, -0.25) is 0 Å². The van der Waals surface area contributed by atoms with Gasteiger partial charge in [0.2, 0.25) is 0 Å². The van der Waals surface area contributed by atoms with Crippen LogP contribution in [0.2, 0.25) is 0 Å². The molecule has 0 aliphatic rings. The summed E-state index contributed by atoms with van der Waals surface area (Å²) in [4.78, 5) is 5.48. The zero-order valence-corrected chi connectivity index (χ0v) is 13.9. The van der Waals surface area contributed by atoms with Crippen molar-refractivity contribution in [3.05, 3.63) is 95.6 Å². The van der Waals surface area contributed by atoms with E-state index in [9.17, 15) is 0 Å². The molecule has 120 valence electrons. The Morgan fingerprint density at radius 2 is 1.58 bits per heavy atom. The highest BCUT2D eigenvalue weighted by Gasteiger charge is 2.00. The molecule has 0 aliphatic carbocycles. The maximum atomic E-state index is 5.48. The molecule has 0 bridgehead atoms. The fourth-order valence-corrected chi connectivity index (χ4v) is 2.66. The first-order valence-electron chi connectivity index (χ1n) is 8.24. The lowest BCUT2D eigenvalue weighted by atomic mass is 10.0. The first-order chi connectivity index (χ1) is 11.9. The third-order valence-corrected chi connectivity index (χ3v) is 3.97. The van der Waals surface area contributed by atoms with Gasteiger partial charge >= 0.3 is 0 Å². The van der Waals surface area contributed by atoms with Crippen molar-refractivity contribution in [2.45, 2.75) is 20.0 Å². The molecule has 0 saturated carbocycles. The van der Waals surface area contributed by atoms with Crippen molar-refractivity contribution in [2.75, 3.05) is 0 Å². The Labute approximate surface area is 143 Å². The minimum absolute atomic E-state index is 0.464. The molecule has 0 aliphatic heterocycles. The number of nitrogens with zero attached hydrogens (tertiary/aromatic N) is 1. The van der Waals surface area contributed by atoms with Gasteiger partial charge in [0.1, 0.15) is 6.61 Å². The summed E-state index contributed by atoms with van der Waals surface area (Å²) in [5.74, 6) is 0. The van der Waals surface area contributed by atoms with Gasteiger partial charge in [0, 0.05) is 0 Å². The number of aryl methyl sites for hydroxylation is 1. The minimum atomic E-state index is 0.464. The van der Waals surface area contributed by atoms with Crippen molar-refractivity contribution in [3.63, 3.8) is 0 Å². The molecular weight excluding hydrogens is 294 g/mol. The normalized spacial score (nSPS) is 10.9. The van der Waals surface area contributed by atoms with Gasteiger partial charge in [0.05, 0.1) is 6.21 Å². The SMILES string of the molecule is CCc1ccccc1C=NOCc1cccc(-c2ccccc2)c1. The van der Waals surface area contributed by atoms with E-state index in [0.717, 1.165) is 17.5 Å². The highest BCUT2D eigenvalue weighted by molar-refractivity contribution is 5.81. The summed E-state index contributed by atoms with van der Waals surface area (Å²) < 4.78 is 0. The van der Waals surface area contributed by atoms with Gasteiger partial charge in [-0.2, -0.15) is 0 Å². The first kappa shape index (κ1) is 16.0. The van der Waals surface area contributed by atoms with Crippen LogP contribution in [0.1, 0.15) is 23.6 Å². The lowest BCUT2D eigenvalue weighted by molar-refractivity contribution is 0.132. The van der Waals surface area contributed by atoms with E-state index in [1.807, 2.05) is 30.3 Å². The molecule has 0 N–H and O–H groups in total. The maximum Gasteiger partial charge on any atom is 0.142 e. The van der Waals surface area contributed by atoms with Crippen LogP contribution in [0.25, 0.3) is 11.1 Å². The van der Waals surface area contributed by atoms with Gasteiger partial charge in [-0.1, -0.05) is 84.9 Å². The van der Waals surface area contributed by atoms with Gasteiger partial charge in [-0.25, -0.2) is 0 Å². The van der Waals surface area contributed by atoms with E-state index in [0.29, 0.717) is 6.61 Å². The van der Waals surface area contributed by atoms with Crippen molar-refractivity contribution >= 4 is 6.21 Å². The van der Waals surface area contributed by atoms with Crippen LogP contribution in [-0.4, -0.2) is 6.21 Å². The molecule has 3 aromatic rings. The Kier molecular flexibility index (Phi) is 5.41. The topological polar surface area (TPSA) is 21.6 Å². The molecule has 3 rings (SSSR count). The number of rotatable bonds is 6. The molecule has 0 unspecified atom stereocenters. The van der Waals surface area contributed by atoms with Crippen molar-refractivity contribution < 1.29 is 4.84 Å².